The van der Waals surface area contributed by atoms with Gasteiger partial charge in [0.25, 0.3) is 0 Å². The molecule has 1 saturated carbocycles. The number of nitrogens with one attached hydrogen (secondary N) is 1. The van der Waals surface area contributed by atoms with Gasteiger partial charge in [-0.05, 0) is 31.9 Å². The first-order chi connectivity index (χ1) is 10.9. The van der Waals surface area contributed by atoms with Gasteiger partial charge in [-0.25, -0.2) is 0 Å². The SMILES string of the molecule is COC1=C2CC(C(C)(C)O)C(=O)C2=CC2c3ccccc3NC12. The number of hydrogen-bond acceptors (Lipinski definition) is 4. The third-order valence-corrected chi connectivity index (χ3v) is 5.30. The maximum absolute atomic E-state index is 12.8. The van der Waals surface area contributed by atoms with Crippen LogP contribution in [0, 0.1) is 5.92 Å². The van der Waals surface area contributed by atoms with Gasteiger partial charge in [0.2, 0.25) is 0 Å². The molecule has 3 aliphatic rings. The summed E-state index contributed by atoms with van der Waals surface area (Å²) in [4.78, 5) is 12.8. The predicted molar refractivity (Wildman–Crippen MR) is 88.1 cm³/mol. The van der Waals surface area contributed by atoms with E-state index in [9.17, 15) is 9.90 Å². The zero-order chi connectivity index (χ0) is 16.4. The van der Waals surface area contributed by atoms with Crippen molar-refractivity contribution in [1.82, 2.24) is 0 Å². The maximum Gasteiger partial charge on any atom is 0.169 e. The van der Waals surface area contributed by atoms with Gasteiger partial charge in [0, 0.05) is 22.8 Å². The minimum absolute atomic E-state index is 0.0319. The molecule has 4 heteroatoms. The van der Waals surface area contributed by atoms with Gasteiger partial charge in [-0.15, -0.1) is 0 Å². The lowest BCUT2D eigenvalue weighted by molar-refractivity contribution is -0.124. The van der Waals surface area contributed by atoms with Crippen molar-refractivity contribution in [2.45, 2.75) is 37.8 Å². The molecule has 1 aliphatic heterocycles. The highest BCUT2D eigenvalue weighted by atomic mass is 16.5. The van der Waals surface area contributed by atoms with Crippen LogP contribution in [-0.2, 0) is 9.53 Å². The van der Waals surface area contributed by atoms with Crippen LogP contribution in [0.3, 0.4) is 0 Å². The number of para-hydroxylation sites is 1. The summed E-state index contributed by atoms with van der Waals surface area (Å²) in [6.45, 7) is 3.41. The Labute approximate surface area is 135 Å². The molecule has 3 unspecified atom stereocenters. The van der Waals surface area contributed by atoms with E-state index >= 15 is 0 Å². The number of rotatable bonds is 2. The standard InChI is InChI=1S/C19H21NO3/c1-19(2,22)14-9-13-12(17(14)21)8-11-10-6-4-5-7-15(10)20-16(11)18(13)23-3/h4-8,11,14,16,20,22H,9H2,1-3H3. The fraction of sp³-hybridized carbons (Fsp3) is 0.421. The molecule has 1 aromatic carbocycles. The van der Waals surface area contributed by atoms with E-state index in [1.165, 1.54) is 5.56 Å². The van der Waals surface area contributed by atoms with Gasteiger partial charge in [-0.2, -0.15) is 0 Å². The number of allylic oxidation sites excluding steroid dienone is 2. The van der Waals surface area contributed by atoms with Crippen LogP contribution in [0.1, 0.15) is 31.7 Å². The van der Waals surface area contributed by atoms with Crippen LogP contribution < -0.4 is 5.32 Å². The van der Waals surface area contributed by atoms with Crippen LogP contribution in [0.2, 0.25) is 0 Å². The molecule has 0 aromatic heterocycles. The number of fused-ring (bicyclic) bond motifs is 4. The number of Topliss-reactive ketones (excluding diaryl/α,β-unsaturated/α-hetero) is 1. The number of carbonyl (C=O) groups excluding carboxylic acids is 1. The van der Waals surface area contributed by atoms with Crippen LogP contribution in [-0.4, -0.2) is 29.6 Å². The molecule has 23 heavy (non-hydrogen) atoms. The number of methoxy groups -OCH3 is 1. The number of ether oxygens (including phenoxy) is 1. The Hall–Kier alpha value is -2.07. The molecule has 2 N–H and O–H groups in total. The van der Waals surface area contributed by atoms with Crippen molar-refractivity contribution in [3.8, 4) is 0 Å². The minimum atomic E-state index is -1.03. The number of carbonyl (C=O) groups is 1. The molecule has 1 fully saturated rings. The zero-order valence-electron chi connectivity index (χ0n) is 13.6. The van der Waals surface area contributed by atoms with Crippen molar-refractivity contribution in [3.05, 3.63) is 52.8 Å². The first-order valence-electron chi connectivity index (χ1n) is 8.03. The molecule has 3 atom stereocenters. The second-order valence-corrected chi connectivity index (χ2v) is 7.14. The summed E-state index contributed by atoms with van der Waals surface area (Å²) >= 11 is 0. The van der Waals surface area contributed by atoms with E-state index in [0.29, 0.717) is 6.42 Å². The molecule has 1 aromatic rings. The normalized spacial score (nSPS) is 28.8. The van der Waals surface area contributed by atoms with Gasteiger partial charge in [0.15, 0.2) is 5.78 Å². The first kappa shape index (κ1) is 14.5. The molecule has 0 amide bonds. The Morgan fingerprint density at radius 3 is 2.74 bits per heavy atom. The van der Waals surface area contributed by atoms with Gasteiger partial charge >= 0.3 is 0 Å². The molecule has 0 saturated heterocycles. The lowest BCUT2D eigenvalue weighted by atomic mass is 9.84. The minimum Gasteiger partial charge on any atom is -0.499 e. The summed E-state index contributed by atoms with van der Waals surface area (Å²) in [5.74, 6) is 0.570. The number of hydrogen-bond donors (Lipinski definition) is 2. The van der Waals surface area contributed by atoms with Crippen molar-refractivity contribution >= 4 is 11.5 Å². The third-order valence-electron chi connectivity index (χ3n) is 5.30. The number of anilines is 1. The highest BCUT2D eigenvalue weighted by Crippen LogP contribution is 2.50. The van der Waals surface area contributed by atoms with Crippen LogP contribution in [0.4, 0.5) is 5.69 Å². The summed E-state index contributed by atoms with van der Waals surface area (Å²) in [5.41, 5.74) is 2.95. The highest BCUT2D eigenvalue weighted by molar-refractivity contribution is 6.06. The van der Waals surface area contributed by atoms with Crippen molar-refractivity contribution in [3.63, 3.8) is 0 Å². The molecule has 1 heterocycles. The molecule has 0 bridgehead atoms. The van der Waals surface area contributed by atoms with E-state index in [1.54, 1.807) is 21.0 Å². The second kappa shape index (κ2) is 4.71. The van der Waals surface area contributed by atoms with Crippen molar-refractivity contribution in [2.24, 2.45) is 5.92 Å². The van der Waals surface area contributed by atoms with Gasteiger partial charge in [-0.3, -0.25) is 4.79 Å². The summed E-state index contributed by atoms with van der Waals surface area (Å²) in [6.07, 6.45) is 2.61. The average molecular weight is 311 g/mol. The fourth-order valence-electron chi connectivity index (χ4n) is 4.12. The van der Waals surface area contributed by atoms with Gasteiger partial charge < -0.3 is 15.2 Å². The molecule has 2 aliphatic carbocycles. The summed E-state index contributed by atoms with van der Waals surface area (Å²) in [5, 5.41) is 13.8. The Balaban J connectivity index is 1.84. The number of aliphatic hydroxyl groups is 1. The highest BCUT2D eigenvalue weighted by Gasteiger charge is 2.48. The second-order valence-electron chi connectivity index (χ2n) is 7.14. The van der Waals surface area contributed by atoms with E-state index in [2.05, 4.69) is 23.5 Å². The topological polar surface area (TPSA) is 58.6 Å². The summed E-state index contributed by atoms with van der Waals surface area (Å²) in [6, 6.07) is 8.20. The van der Waals surface area contributed by atoms with Crippen molar-refractivity contribution in [2.75, 3.05) is 12.4 Å². The quantitative estimate of drug-likeness (QED) is 0.882. The third kappa shape index (κ3) is 1.98. The van der Waals surface area contributed by atoms with Crippen LogP contribution in [0.5, 0.6) is 0 Å². The largest absolute Gasteiger partial charge is 0.499 e. The van der Waals surface area contributed by atoms with Crippen LogP contribution >= 0.6 is 0 Å². The van der Waals surface area contributed by atoms with E-state index in [-0.39, 0.29) is 17.7 Å². The molecule has 4 rings (SSSR count). The fourth-order valence-corrected chi connectivity index (χ4v) is 4.12. The van der Waals surface area contributed by atoms with E-state index in [4.69, 9.17) is 4.74 Å². The first-order valence-corrected chi connectivity index (χ1v) is 8.03. The molecular formula is C19H21NO3. The van der Waals surface area contributed by atoms with Gasteiger partial charge in [0.05, 0.1) is 24.7 Å². The van der Waals surface area contributed by atoms with E-state index in [1.807, 2.05) is 12.1 Å². The number of benzene rings is 1. The predicted octanol–water partition coefficient (Wildman–Crippen LogP) is 2.76. The summed E-state index contributed by atoms with van der Waals surface area (Å²) in [7, 11) is 1.66. The van der Waals surface area contributed by atoms with E-state index in [0.717, 1.165) is 22.6 Å². The molecular weight excluding hydrogens is 290 g/mol. The zero-order valence-corrected chi connectivity index (χ0v) is 13.6. The summed E-state index contributed by atoms with van der Waals surface area (Å²) < 4.78 is 5.70. The van der Waals surface area contributed by atoms with Crippen LogP contribution in [0.15, 0.2) is 47.2 Å². The Bertz CT molecular complexity index is 754. The van der Waals surface area contributed by atoms with Gasteiger partial charge in [0.1, 0.15) is 5.76 Å². The average Bonchev–Trinajstić information content (AvgIpc) is 3.03. The molecule has 0 spiro atoms. The maximum atomic E-state index is 12.8. The Morgan fingerprint density at radius 2 is 2.04 bits per heavy atom. The monoisotopic (exact) mass is 311 g/mol. The van der Waals surface area contributed by atoms with Crippen LogP contribution in [0.25, 0.3) is 0 Å². The molecule has 0 radical (unpaired) electrons. The smallest absolute Gasteiger partial charge is 0.169 e. The Morgan fingerprint density at radius 1 is 1.30 bits per heavy atom. The molecule has 120 valence electrons. The van der Waals surface area contributed by atoms with E-state index < -0.39 is 11.5 Å². The van der Waals surface area contributed by atoms with Crippen molar-refractivity contribution in [1.29, 1.82) is 0 Å². The lowest BCUT2D eigenvalue weighted by Crippen LogP contribution is -2.33. The Kier molecular flexibility index (Phi) is 2.97. The molecule has 4 nitrogen and oxygen atoms in total. The van der Waals surface area contributed by atoms with Crippen molar-refractivity contribution < 1.29 is 14.6 Å². The van der Waals surface area contributed by atoms with Gasteiger partial charge in [-0.1, -0.05) is 24.3 Å². The lowest BCUT2D eigenvalue weighted by Gasteiger charge is -2.26. The number of ketones is 1.